The minimum atomic E-state index is -0.595. The van der Waals surface area contributed by atoms with E-state index in [0.717, 1.165) is 12.8 Å². The van der Waals surface area contributed by atoms with Gasteiger partial charge >= 0.3 is 0 Å². The molecular formula is C11H21N3O5. The first-order valence-electron chi connectivity index (χ1n) is 6.14. The molecule has 0 aromatic carbocycles. The lowest BCUT2D eigenvalue weighted by Crippen LogP contribution is -2.27. The van der Waals surface area contributed by atoms with E-state index in [1.54, 1.807) is 0 Å². The topological polar surface area (TPSA) is 119 Å². The molecule has 0 aliphatic rings. The van der Waals surface area contributed by atoms with E-state index in [4.69, 9.17) is 10.4 Å². The lowest BCUT2D eigenvalue weighted by atomic mass is 10.2. The van der Waals surface area contributed by atoms with E-state index in [0.29, 0.717) is 18.0 Å². The first-order chi connectivity index (χ1) is 8.97. The number of nitrogens with zero attached hydrogens (tertiary/aromatic N) is 1. The van der Waals surface area contributed by atoms with Crippen LogP contribution in [0.2, 0.25) is 0 Å². The second-order valence-corrected chi connectivity index (χ2v) is 4.09. The van der Waals surface area contributed by atoms with Crippen molar-refractivity contribution in [2.24, 2.45) is 0 Å². The van der Waals surface area contributed by atoms with Crippen LogP contribution in [-0.4, -0.2) is 46.3 Å². The average Bonchev–Trinajstić information content (AvgIpc) is 2.39. The highest BCUT2D eigenvalue weighted by atomic mass is 16.5. The fourth-order valence-corrected chi connectivity index (χ4v) is 1.32. The highest BCUT2D eigenvalue weighted by Gasteiger charge is 2.05. The molecule has 0 saturated carbocycles. The van der Waals surface area contributed by atoms with Crippen LogP contribution < -0.4 is 10.8 Å². The molecule has 0 bridgehead atoms. The molecule has 0 fully saturated rings. The summed E-state index contributed by atoms with van der Waals surface area (Å²) in [5, 5.41) is 20.6. The fraction of sp³-hybridized carbons (Fsp3) is 0.727. The van der Waals surface area contributed by atoms with Gasteiger partial charge in [-0.05, 0) is 19.3 Å². The van der Waals surface area contributed by atoms with Gasteiger partial charge in [-0.1, -0.05) is 0 Å². The van der Waals surface area contributed by atoms with Crippen LogP contribution in [0.25, 0.3) is 0 Å². The predicted molar refractivity (Wildman–Crippen MR) is 65.2 cm³/mol. The number of carbonyl (C=O) groups is 3. The minimum absolute atomic E-state index is 0.0289. The molecule has 8 heteroatoms. The molecule has 0 unspecified atom stereocenters. The molecular weight excluding hydrogens is 254 g/mol. The Labute approximate surface area is 111 Å². The summed E-state index contributed by atoms with van der Waals surface area (Å²) in [6.07, 6.45) is 2.12. The second kappa shape index (κ2) is 10.3. The standard InChI is InChI=1S/C11H21N3O5/c1-9(15)14(19)8-4-2-3-7-12-10(16)5-6-11(17)13-18/h18-19H,2-8H2,1H3,(H,12,16)(H,13,17). The average molecular weight is 275 g/mol. The van der Waals surface area contributed by atoms with Gasteiger partial charge in [0.15, 0.2) is 0 Å². The summed E-state index contributed by atoms with van der Waals surface area (Å²) < 4.78 is 0. The number of hydrogen-bond donors (Lipinski definition) is 4. The van der Waals surface area contributed by atoms with Crippen LogP contribution in [0.5, 0.6) is 0 Å². The summed E-state index contributed by atoms with van der Waals surface area (Å²) in [5.41, 5.74) is 1.45. The number of amides is 3. The molecule has 0 aliphatic carbocycles. The Balaban J connectivity index is 3.41. The highest BCUT2D eigenvalue weighted by molar-refractivity contribution is 5.83. The molecule has 0 atom stereocenters. The Morgan fingerprint density at radius 2 is 1.68 bits per heavy atom. The van der Waals surface area contributed by atoms with Crippen LogP contribution in [0, 0.1) is 0 Å². The fourth-order valence-electron chi connectivity index (χ4n) is 1.32. The van der Waals surface area contributed by atoms with E-state index in [-0.39, 0.29) is 25.3 Å². The summed E-state index contributed by atoms with van der Waals surface area (Å²) in [7, 11) is 0. The Kier molecular flexibility index (Phi) is 9.37. The SMILES string of the molecule is CC(=O)N(O)CCCCCNC(=O)CCC(=O)NO. The van der Waals surface area contributed by atoms with Crippen molar-refractivity contribution >= 4 is 17.7 Å². The van der Waals surface area contributed by atoms with Crippen LogP contribution in [0.15, 0.2) is 0 Å². The molecule has 0 rings (SSSR count). The molecule has 110 valence electrons. The van der Waals surface area contributed by atoms with Gasteiger partial charge in [-0.25, -0.2) is 10.5 Å². The van der Waals surface area contributed by atoms with Gasteiger partial charge in [0.05, 0.1) is 0 Å². The maximum atomic E-state index is 11.2. The summed E-state index contributed by atoms with van der Waals surface area (Å²) in [6, 6.07) is 0. The molecule has 0 radical (unpaired) electrons. The minimum Gasteiger partial charge on any atom is -0.356 e. The molecule has 4 N–H and O–H groups in total. The van der Waals surface area contributed by atoms with Crippen LogP contribution in [0.4, 0.5) is 0 Å². The smallest absolute Gasteiger partial charge is 0.243 e. The van der Waals surface area contributed by atoms with Gasteiger partial charge < -0.3 is 5.32 Å². The van der Waals surface area contributed by atoms with Gasteiger partial charge in [-0.2, -0.15) is 0 Å². The number of hydrogen-bond acceptors (Lipinski definition) is 5. The second-order valence-electron chi connectivity index (χ2n) is 4.09. The maximum absolute atomic E-state index is 11.2. The van der Waals surface area contributed by atoms with Crippen LogP contribution in [0.1, 0.15) is 39.0 Å². The Hall–Kier alpha value is -1.67. The first-order valence-corrected chi connectivity index (χ1v) is 6.14. The third kappa shape index (κ3) is 9.98. The predicted octanol–water partition coefficient (Wildman–Crippen LogP) is -0.204. The van der Waals surface area contributed by atoms with E-state index in [1.807, 2.05) is 0 Å². The van der Waals surface area contributed by atoms with Crippen molar-refractivity contribution < 1.29 is 24.8 Å². The third-order valence-electron chi connectivity index (χ3n) is 2.44. The Morgan fingerprint density at radius 1 is 1.05 bits per heavy atom. The number of rotatable bonds is 9. The van der Waals surface area contributed by atoms with Crippen molar-refractivity contribution in [1.29, 1.82) is 0 Å². The summed E-state index contributed by atoms with van der Waals surface area (Å²) in [6.45, 7) is 2.04. The molecule has 3 amide bonds. The van der Waals surface area contributed by atoms with E-state index in [1.165, 1.54) is 12.4 Å². The van der Waals surface area contributed by atoms with Gasteiger partial charge in [-0.3, -0.25) is 24.8 Å². The largest absolute Gasteiger partial charge is 0.356 e. The first kappa shape index (κ1) is 17.3. The van der Waals surface area contributed by atoms with Crippen molar-refractivity contribution in [2.75, 3.05) is 13.1 Å². The molecule has 0 spiro atoms. The molecule has 0 saturated heterocycles. The van der Waals surface area contributed by atoms with E-state index in [9.17, 15) is 14.4 Å². The molecule has 8 nitrogen and oxygen atoms in total. The number of nitrogens with one attached hydrogen (secondary N) is 2. The normalized spacial score (nSPS) is 9.84. The number of unbranched alkanes of at least 4 members (excludes halogenated alkanes) is 2. The van der Waals surface area contributed by atoms with Gasteiger partial charge in [0, 0.05) is 32.9 Å². The van der Waals surface area contributed by atoms with Crippen molar-refractivity contribution in [3.05, 3.63) is 0 Å². The van der Waals surface area contributed by atoms with Crippen molar-refractivity contribution in [3.8, 4) is 0 Å². The van der Waals surface area contributed by atoms with Gasteiger partial charge in [-0.15, -0.1) is 0 Å². The quantitative estimate of drug-likeness (QED) is 0.264. The number of hydroxylamine groups is 3. The zero-order valence-electron chi connectivity index (χ0n) is 11.0. The molecule has 19 heavy (non-hydrogen) atoms. The molecule has 0 heterocycles. The van der Waals surface area contributed by atoms with Crippen molar-refractivity contribution in [3.63, 3.8) is 0 Å². The van der Waals surface area contributed by atoms with Crippen molar-refractivity contribution in [1.82, 2.24) is 15.9 Å². The lowest BCUT2D eigenvalue weighted by molar-refractivity contribution is -0.162. The van der Waals surface area contributed by atoms with E-state index >= 15 is 0 Å². The Bertz CT molecular complexity index is 309. The van der Waals surface area contributed by atoms with Gasteiger partial charge in [0.25, 0.3) is 0 Å². The summed E-state index contributed by atoms with van der Waals surface area (Å²) in [4.78, 5) is 32.6. The lowest BCUT2D eigenvalue weighted by Gasteiger charge is -2.11. The maximum Gasteiger partial charge on any atom is 0.243 e. The molecule has 0 aromatic heterocycles. The van der Waals surface area contributed by atoms with Crippen LogP contribution >= 0.6 is 0 Å². The summed E-state index contributed by atoms with van der Waals surface area (Å²) >= 11 is 0. The number of carbonyl (C=O) groups excluding carboxylic acids is 3. The van der Waals surface area contributed by atoms with E-state index in [2.05, 4.69) is 5.32 Å². The highest BCUT2D eigenvalue weighted by Crippen LogP contribution is 1.97. The summed E-state index contributed by atoms with van der Waals surface area (Å²) in [5.74, 6) is -1.24. The monoisotopic (exact) mass is 275 g/mol. The van der Waals surface area contributed by atoms with Crippen molar-refractivity contribution in [2.45, 2.75) is 39.0 Å². The Morgan fingerprint density at radius 3 is 2.26 bits per heavy atom. The van der Waals surface area contributed by atoms with Gasteiger partial charge in [0.2, 0.25) is 17.7 Å². The molecule has 0 aromatic rings. The van der Waals surface area contributed by atoms with Crippen LogP contribution in [-0.2, 0) is 14.4 Å². The van der Waals surface area contributed by atoms with Gasteiger partial charge in [0.1, 0.15) is 0 Å². The zero-order chi connectivity index (χ0) is 14.7. The van der Waals surface area contributed by atoms with E-state index < -0.39 is 11.8 Å². The third-order valence-corrected chi connectivity index (χ3v) is 2.44. The zero-order valence-corrected chi connectivity index (χ0v) is 11.0. The van der Waals surface area contributed by atoms with Crippen LogP contribution in [0.3, 0.4) is 0 Å². The molecule has 0 aliphatic heterocycles.